The van der Waals surface area contributed by atoms with Crippen LogP contribution in [0.3, 0.4) is 0 Å². The number of nitro benzene ring substituents is 1. The maximum atomic E-state index is 12.7. The maximum Gasteiger partial charge on any atom is 0.269 e. The number of benzene rings is 2. The Bertz CT molecular complexity index is 980. The second-order valence-electron chi connectivity index (χ2n) is 7.31. The summed E-state index contributed by atoms with van der Waals surface area (Å²) in [6.07, 6.45) is 6.55. The minimum atomic E-state index is -0.399. The fourth-order valence-electron chi connectivity index (χ4n) is 3.68. The molecule has 3 aromatic rings. The third-order valence-electron chi connectivity index (χ3n) is 5.22. The molecular formula is C23H27N3O3. The van der Waals surface area contributed by atoms with E-state index in [2.05, 4.69) is 17.2 Å². The highest BCUT2D eigenvalue weighted by atomic mass is 16.6. The molecule has 0 saturated carbocycles. The van der Waals surface area contributed by atoms with Crippen LogP contribution in [-0.2, 0) is 4.79 Å². The number of amides is 1. The van der Waals surface area contributed by atoms with E-state index in [-0.39, 0.29) is 23.9 Å². The number of para-hydroxylation sites is 1. The zero-order valence-corrected chi connectivity index (χ0v) is 16.7. The van der Waals surface area contributed by atoms with E-state index < -0.39 is 4.92 Å². The average molecular weight is 393 g/mol. The van der Waals surface area contributed by atoms with Gasteiger partial charge in [-0.25, -0.2) is 0 Å². The SMILES string of the molecule is CCCCCCNC(=O)C[C@@H](c1cccc([N+](=O)[O-])c1)c1c[nH]c2ccccc12. The summed E-state index contributed by atoms with van der Waals surface area (Å²) in [6.45, 7) is 2.82. The van der Waals surface area contributed by atoms with Gasteiger partial charge in [-0.3, -0.25) is 14.9 Å². The van der Waals surface area contributed by atoms with E-state index in [1.54, 1.807) is 12.1 Å². The summed E-state index contributed by atoms with van der Waals surface area (Å²) in [4.78, 5) is 26.7. The third kappa shape index (κ3) is 5.22. The molecule has 1 heterocycles. The number of nitrogens with one attached hydrogen (secondary N) is 2. The molecule has 3 rings (SSSR count). The monoisotopic (exact) mass is 393 g/mol. The van der Waals surface area contributed by atoms with Crippen molar-refractivity contribution in [1.82, 2.24) is 10.3 Å². The molecule has 1 atom stereocenters. The van der Waals surface area contributed by atoms with Crippen LogP contribution in [0.2, 0.25) is 0 Å². The summed E-state index contributed by atoms with van der Waals surface area (Å²) in [6, 6.07) is 14.5. The van der Waals surface area contributed by atoms with E-state index in [1.165, 1.54) is 12.5 Å². The molecule has 1 aromatic heterocycles. The lowest BCUT2D eigenvalue weighted by molar-refractivity contribution is -0.384. The number of unbranched alkanes of at least 4 members (excludes halogenated alkanes) is 3. The van der Waals surface area contributed by atoms with Gasteiger partial charge in [0, 0.05) is 48.1 Å². The Morgan fingerprint density at radius 3 is 2.76 bits per heavy atom. The Morgan fingerprint density at radius 1 is 1.14 bits per heavy atom. The van der Waals surface area contributed by atoms with Crippen molar-refractivity contribution in [1.29, 1.82) is 0 Å². The van der Waals surface area contributed by atoms with Crippen molar-refractivity contribution in [3.05, 3.63) is 76.0 Å². The lowest BCUT2D eigenvalue weighted by Gasteiger charge is -2.17. The Morgan fingerprint density at radius 2 is 1.97 bits per heavy atom. The average Bonchev–Trinajstić information content (AvgIpc) is 3.16. The van der Waals surface area contributed by atoms with Crippen LogP contribution < -0.4 is 5.32 Å². The van der Waals surface area contributed by atoms with Crippen LogP contribution in [0.4, 0.5) is 5.69 Å². The maximum absolute atomic E-state index is 12.7. The second-order valence-corrected chi connectivity index (χ2v) is 7.31. The Kier molecular flexibility index (Phi) is 7.00. The number of nitro groups is 1. The van der Waals surface area contributed by atoms with Crippen LogP contribution in [0.25, 0.3) is 10.9 Å². The zero-order chi connectivity index (χ0) is 20.6. The first-order chi connectivity index (χ1) is 14.1. The summed E-state index contributed by atoms with van der Waals surface area (Å²) in [5, 5.41) is 15.3. The van der Waals surface area contributed by atoms with Crippen molar-refractivity contribution < 1.29 is 9.72 Å². The minimum absolute atomic E-state index is 0.0346. The van der Waals surface area contributed by atoms with Gasteiger partial charge in [0.25, 0.3) is 5.69 Å². The normalized spacial score (nSPS) is 12.0. The molecule has 0 unspecified atom stereocenters. The number of nitrogens with zero attached hydrogens (tertiary/aromatic N) is 1. The lowest BCUT2D eigenvalue weighted by atomic mass is 9.87. The number of aromatic nitrogens is 1. The fraction of sp³-hybridized carbons (Fsp3) is 0.348. The van der Waals surface area contributed by atoms with E-state index in [0.29, 0.717) is 6.54 Å². The van der Waals surface area contributed by atoms with E-state index in [0.717, 1.165) is 41.3 Å². The highest BCUT2D eigenvalue weighted by Gasteiger charge is 2.23. The Balaban J connectivity index is 1.85. The molecule has 0 aliphatic rings. The summed E-state index contributed by atoms with van der Waals surface area (Å²) in [5.74, 6) is -0.301. The molecular weight excluding hydrogens is 366 g/mol. The van der Waals surface area contributed by atoms with Gasteiger partial charge in [-0.05, 0) is 23.6 Å². The molecule has 6 heteroatoms. The van der Waals surface area contributed by atoms with E-state index >= 15 is 0 Å². The topological polar surface area (TPSA) is 88.0 Å². The molecule has 6 nitrogen and oxygen atoms in total. The summed E-state index contributed by atoms with van der Waals surface area (Å²) < 4.78 is 0. The predicted molar refractivity (Wildman–Crippen MR) is 115 cm³/mol. The molecule has 0 spiro atoms. The standard InChI is InChI=1S/C23H27N3O3/c1-2-3-4-7-13-24-23(27)15-20(17-9-8-10-18(14-17)26(28)29)21-16-25-22-12-6-5-11-19(21)22/h5-6,8-12,14,16,20,25H,2-4,7,13,15H2,1H3,(H,24,27)/t20-/m0/s1. The molecule has 0 aliphatic carbocycles. The highest BCUT2D eigenvalue weighted by molar-refractivity contribution is 5.86. The lowest BCUT2D eigenvalue weighted by Crippen LogP contribution is -2.26. The Hall–Kier alpha value is -3.15. The van der Waals surface area contributed by atoms with Gasteiger partial charge >= 0.3 is 0 Å². The van der Waals surface area contributed by atoms with Crippen LogP contribution in [0, 0.1) is 10.1 Å². The van der Waals surface area contributed by atoms with Crippen LogP contribution in [0.1, 0.15) is 56.1 Å². The molecule has 0 aliphatic heterocycles. The molecule has 1 amide bonds. The smallest absolute Gasteiger partial charge is 0.269 e. The highest BCUT2D eigenvalue weighted by Crippen LogP contribution is 2.34. The van der Waals surface area contributed by atoms with Gasteiger partial charge in [-0.2, -0.15) is 0 Å². The van der Waals surface area contributed by atoms with Crippen LogP contribution in [0.5, 0.6) is 0 Å². The summed E-state index contributed by atoms with van der Waals surface area (Å²) in [5.41, 5.74) is 2.76. The number of aromatic amines is 1. The second kappa shape index (κ2) is 9.87. The largest absolute Gasteiger partial charge is 0.361 e. The molecule has 29 heavy (non-hydrogen) atoms. The summed E-state index contributed by atoms with van der Waals surface area (Å²) in [7, 11) is 0. The zero-order valence-electron chi connectivity index (χ0n) is 16.7. The van der Waals surface area contributed by atoms with E-state index in [9.17, 15) is 14.9 Å². The molecule has 0 radical (unpaired) electrons. The van der Waals surface area contributed by atoms with E-state index in [1.807, 2.05) is 36.5 Å². The quantitative estimate of drug-likeness (QED) is 0.278. The third-order valence-corrected chi connectivity index (χ3v) is 5.22. The molecule has 152 valence electrons. The molecule has 0 saturated heterocycles. The van der Waals surface area contributed by atoms with Crippen molar-refractivity contribution in [3.63, 3.8) is 0 Å². The first-order valence-electron chi connectivity index (χ1n) is 10.2. The first-order valence-corrected chi connectivity index (χ1v) is 10.2. The van der Waals surface area contributed by atoms with Gasteiger partial charge in [0.1, 0.15) is 0 Å². The van der Waals surface area contributed by atoms with Crippen LogP contribution in [-0.4, -0.2) is 22.4 Å². The number of fused-ring (bicyclic) bond motifs is 1. The van der Waals surface area contributed by atoms with Crippen molar-refractivity contribution in [2.24, 2.45) is 0 Å². The van der Waals surface area contributed by atoms with Gasteiger partial charge in [0.05, 0.1) is 4.92 Å². The molecule has 2 N–H and O–H groups in total. The van der Waals surface area contributed by atoms with Gasteiger partial charge < -0.3 is 10.3 Å². The molecule has 0 fully saturated rings. The van der Waals surface area contributed by atoms with Crippen molar-refractivity contribution >= 4 is 22.5 Å². The number of hydrogen-bond acceptors (Lipinski definition) is 3. The fourth-order valence-corrected chi connectivity index (χ4v) is 3.68. The number of rotatable bonds is 10. The molecule has 0 bridgehead atoms. The number of carbonyl (C=O) groups excluding carboxylic acids is 1. The van der Waals surface area contributed by atoms with Crippen LogP contribution >= 0.6 is 0 Å². The van der Waals surface area contributed by atoms with Crippen molar-refractivity contribution in [2.75, 3.05) is 6.54 Å². The van der Waals surface area contributed by atoms with Crippen molar-refractivity contribution in [2.45, 2.75) is 44.9 Å². The number of H-pyrrole nitrogens is 1. The number of hydrogen-bond donors (Lipinski definition) is 2. The first kappa shape index (κ1) is 20.6. The van der Waals surface area contributed by atoms with Gasteiger partial charge in [-0.15, -0.1) is 0 Å². The van der Waals surface area contributed by atoms with Crippen molar-refractivity contribution in [3.8, 4) is 0 Å². The molecule has 2 aromatic carbocycles. The van der Waals surface area contributed by atoms with E-state index in [4.69, 9.17) is 0 Å². The van der Waals surface area contributed by atoms with Gasteiger partial charge in [0.15, 0.2) is 0 Å². The number of carbonyl (C=O) groups is 1. The minimum Gasteiger partial charge on any atom is -0.361 e. The predicted octanol–water partition coefficient (Wildman–Crippen LogP) is 5.29. The van der Waals surface area contributed by atoms with Gasteiger partial charge in [-0.1, -0.05) is 56.5 Å². The Labute approximate surface area is 170 Å². The summed E-state index contributed by atoms with van der Waals surface area (Å²) >= 11 is 0. The van der Waals surface area contributed by atoms with Gasteiger partial charge in [0.2, 0.25) is 5.91 Å². The number of non-ortho nitro benzene ring substituents is 1. The van der Waals surface area contributed by atoms with Crippen LogP contribution in [0.15, 0.2) is 54.7 Å².